The summed E-state index contributed by atoms with van der Waals surface area (Å²) in [6.07, 6.45) is -1.59. The Morgan fingerprint density at radius 3 is 1.95 bits per heavy atom. The summed E-state index contributed by atoms with van der Waals surface area (Å²) in [5.74, 6) is -2.83. The van der Waals surface area contributed by atoms with Crippen LogP contribution >= 0.6 is 0 Å². The monoisotopic (exact) mass is 300 g/mol. The number of ether oxygens (including phenoxy) is 1. The average Bonchev–Trinajstić information content (AvgIpc) is 2.10. The summed E-state index contributed by atoms with van der Waals surface area (Å²) in [5.41, 5.74) is 0. The second-order valence-electron chi connectivity index (χ2n) is 5.08. The van der Waals surface area contributed by atoms with Gasteiger partial charge in [-0.2, -0.15) is 0 Å². The fourth-order valence-corrected chi connectivity index (χ4v) is 1.40. The molecule has 0 aliphatic heterocycles. The Labute approximate surface area is 118 Å². The van der Waals surface area contributed by atoms with Crippen LogP contribution in [0.3, 0.4) is 0 Å². The van der Waals surface area contributed by atoms with Gasteiger partial charge in [0, 0.05) is 0 Å². The molecule has 2 N–H and O–H groups in total. The topological polar surface area (TPSA) is 101 Å². The molecule has 0 saturated heterocycles. The fourth-order valence-electron chi connectivity index (χ4n) is 1.40. The summed E-state index contributed by atoms with van der Waals surface area (Å²) in [6.45, 7) is 0.352. The maximum atomic E-state index is 11.3. The van der Waals surface area contributed by atoms with Crippen LogP contribution in [0.5, 0.6) is 0 Å². The number of aliphatic carboxylic acids is 2. The Kier molecular flexibility index (Phi) is 9.16. The number of hydrogen-bond donors (Lipinski definition) is 2. The van der Waals surface area contributed by atoms with Crippen molar-refractivity contribution in [3.63, 3.8) is 0 Å². The lowest BCUT2D eigenvalue weighted by atomic mass is 10.2. The highest BCUT2D eigenvalue weighted by molar-refractivity contribution is 5.77. The Morgan fingerprint density at radius 2 is 1.58 bits per heavy atom. The van der Waals surface area contributed by atoms with E-state index in [1.54, 1.807) is 0 Å². The molecule has 0 fully saturated rings. The Bertz CT molecular complexity index is 326. The number of likely N-dealkylation sites (N-methyl/N-ethyl adjacent to an activating group) is 1. The second-order valence-corrected chi connectivity index (χ2v) is 5.08. The van der Waals surface area contributed by atoms with Gasteiger partial charge in [0.15, 0.2) is 6.10 Å². The first kappa shape index (κ1) is 20.0. The average molecular weight is 301 g/mol. The summed E-state index contributed by atoms with van der Waals surface area (Å²) in [6, 6.07) is 0. The van der Waals surface area contributed by atoms with E-state index in [1.165, 1.54) is 0 Å². The largest absolute Gasteiger partial charge is 1.00 e. The lowest BCUT2D eigenvalue weighted by molar-refractivity contribution is -0.873. The van der Waals surface area contributed by atoms with Crippen LogP contribution in [0.15, 0.2) is 0 Å². The van der Waals surface area contributed by atoms with Gasteiger partial charge in [0.25, 0.3) is 0 Å². The van der Waals surface area contributed by atoms with Crippen molar-refractivity contribution in [2.24, 2.45) is 0 Å². The zero-order valence-electron chi connectivity index (χ0n) is 11.3. The molecule has 0 aliphatic carbocycles. The van der Waals surface area contributed by atoms with E-state index in [0.717, 1.165) is 0 Å². The highest BCUT2D eigenvalue weighted by Crippen LogP contribution is 2.07. The quantitative estimate of drug-likeness (QED) is 0.281. The van der Waals surface area contributed by atoms with Crippen LogP contribution < -0.4 is 12.4 Å². The lowest BCUT2D eigenvalue weighted by Crippen LogP contribution is -3.00. The molecule has 19 heavy (non-hydrogen) atoms. The zero-order chi connectivity index (χ0) is 14.3. The van der Waals surface area contributed by atoms with Crippen LogP contribution in [0.2, 0.25) is 0 Å². The van der Waals surface area contributed by atoms with E-state index in [9.17, 15) is 14.4 Å². The molecule has 1 atom stereocenters. The number of carboxylic acids is 2. The molecule has 0 unspecified atom stereocenters. The molecule has 0 bridgehead atoms. The van der Waals surface area contributed by atoms with Crippen molar-refractivity contribution in [3.05, 3.63) is 0 Å². The van der Waals surface area contributed by atoms with Gasteiger partial charge >= 0.3 is 17.9 Å². The maximum absolute atomic E-state index is 11.3. The molecule has 0 aliphatic rings. The molecule has 0 saturated carbocycles. The van der Waals surface area contributed by atoms with E-state index in [0.29, 0.717) is 11.0 Å². The van der Waals surface area contributed by atoms with Crippen LogP contribution in [0.25, 0.3) is 0 Å². The smallest absolute Gasteiger partial charge is 0.307 e. The van der Waals surface area contributed by atoms with Gasteiger partial charge in [0.05, 0.1) is 40.4 Å². The number of carboxylic acid groups (broad SMARTS) is 2. The molecule has 8 heteroatoms. The van der Waals surface area contributed by atoms with Gasteiger partial charge in [-0.25, -0.2) is 0 Å². The Balaban J connectivity index is 0. The lowest BCUT2D eigenvalue weighted by Gasteiger charge is -2.28. The van der Waals surface area contributed by atoms with Crippen LogP contribution in [-0.2, 0) is 19.1 Å². The number of hydrogen-bond acceptors (Lipinski definition) is 4. The normalized spacial score (nSPS) is 12.2. The van der Waals surface area contributed by atoms with Gasteiger partial charge in [-0.15, -0.1) is 0 Å². The van der Waals surface area contributed by atoms with Crippen molar-refractivity contribution < 1.29 is 46.2 Å². The minimum atomic E-state index is -1.09. The molecular formula is C11H20ClNO6. The third kappa shape index (κ3) is 12.9. The number of rotatable bonds is 8. The van der Waals surface area contributed by atoms with E-state index >= 15 is 0 Å². The Hall–Kier alpha value is -1.34. The van der Waals surface area contributed by atoms with Crippen molar-refractivity contribution >= 4 is 17.9 Å². The standard InChI is InChI=1S/C11H19NO6.ClH/c1-12(2,3)7-8(6-10(15)16)18-11(17)5-4-9(13)14;/h8H,4-7H2,1-3H3,(H-,13,14,15,16);1H/t8-;/m1./s1/i1+1,2+1,3+1;. The summed E-state index contributed by atoms with van der Waals surface area (Å²) >= 11 is 0. The fraction of sp³-hybridized carbons (Fsp3) is 0.727. The highest BCUT2D eigenvalue weighted by atomic mass is 35.5. The van der Waals surface area contributed by atoms with Gasteiger partial charge in [0.1, 0.15) is 6.54 Å². The zero-order valence-corrected chi connectivity index (χ0v) is 12.0. The number of esters is 1. The highest BCUT2D eigenvalue weighted by Gasteiger charge is 2.24. The first-order chi connectivity index (χ1) is 8.10. The molecule has 0 aromatic heterocycles. The predicted octanol–water partition coefficient (Wildman–Crippen LogP) is -3.05. The van der Waals surface area contributed by atoms with Crippen LogP contribution in [0, 0.1) is 0 Å². The van der Waals surface area contributed by atoms with E-state index in [-0.39, 0.29) is 31.7 Å². The summed E-state index contributed by atoms with van der Waals surface area (Å²) in [5, 5.41) is 17.1. The molecule has 112 valence electrons. The van der Waals surface area contributed by atoms with Gasteiger partial charge in [-0.3, -0.25) is 14.4 Å². The predicted molar refractivity (Wildman–Crippen MR) is 61.9 cm³/mol. The molecule has 0 rings (SSSR count). The SMILES string of the molecule is [13CH3][N+]([13CH3])([13CH3])C[C@@H](CC(=O)O)OC(=O)CCC(=O)O.[Cl-]. The third-order valence-corrected chi connectivity index (χ3v) is 1.99. The number of carbonyl (C=O) groups excluding carboxylic acids is 1. The van der Waals surface area contributed by atoms with Gasteiger partial charge in [-0.05, 0) is 0 Å². The van der Waals surface area contributed by atoms with E-state index in [2.05, 4.69) is 0 Å². The molecule has 0 aromatic rings. The van der Waals surface area contributed by atoms with Crippen LogP contribution in [-0.4, -0.2) is 66.4 Å². The van der Waals surface area contributed by atoms with E-state index < -0.39 is 24.0 Å². The van der Waals surface area contributed by atoms with Gasteiger partial charge < -0.3 is 31.8 Å². The number of nitrogens with zero attached hydrogens (tertiary/aromatic N) is 1. The number of carbonyl (C=O) groups is 3. The van der Waals surface area contributed by atoms with Crippen LogP contribution in [0.1, 0.15) is 19.3 Å². The Morgan fingerprint density at radius 1 is 1.05 bits per heavy atom. The van der Waals surface area contributed by atoms with Crippen LogP contribution in [0.4, 0.5) is 0 Å². The molecule has 0 heterocycles. The first-order valence-corrected chi connectivity index (χ1v) is 5.53. The summed E-state index contributed by atoms with van der Waals surface area (Å²) in [7, 11) is 5.54. The molecule has 0 spiro atoms. The first-order valence-electron chi connectivity index (χ1n) is 5.53. The molecule has 0 amide bonds. The minimum absolute atomic E-state index is 0. The number of halogens is 1. The van der Waals surface area contributed by atoms with Gasteiger partial charge in [-0.1, -0.05) is 0 Å². The number of quaternary nitrogens is 1. The second kappa shape index (κ2) is 8.71. The molecular weight excluding hydrogens is 281 g/mol. The third-order valence-electron chi connectivity index (χ3n) is 1.99. The molecule has 0 aromatic carbocycles. The van der Waals surface area contributed by atoms with Crippen molar-refractivity contribution in [1.29, 1.82) is 0 Å². The summed E-state index contributed by atoms with van der Waals surface area (Å²) in [4.78, 5) is 32.3. The minimum Gasteiger partial charge on any atom is -1.00 e. The van der Waals surface area contributed by atoms with E-state index in [1.807, 2.05) is 21.1 Å². The van der Waals surface area contributed by atoms with Crippen molar-refractivity contribution in [2.75, 3.05) is 27.7 Å². The maximum Gasteiger partial charge on any atom is 0.307 e. The summed E-state index contributed by atoms with van der Waals surface area (Å²) < 4.78 is 5.44. The van der Waals surface area contributed by atoms with Crippen molar-refractivity contribution in [2.45, 2.75) is 25.4 Å². The molecule has 7 nitrogen and oxygen atoms in total. The molecule has 0 radical (unpaired) electrons. The van der Waals surface area contributed by atoms with E-state index in [4.69, 9.17) is 14.9 Å². The van der Waals surface area contributed by atoms with Crippen molar-refractivity contribution in [1.82, 2.24) is 0 Å². The van der Waals surface area contributed by atoms with Crippen molar-refractivity contribution in [3.8, 4) is 0 Å². The van der Waals surface area contributed by atoms with Gasteiger partial charge in [0.2, 0.25) is 0 Å².